The van der Waals surface area contributed by atoms with Gasteiger partial charge in [0.2, 0.25) is 0 Å². The standard InChI is InChI=1S/C22H23FN6O.C21H23FN4O2.C20H19FN6O.C20H21FN4O2/c1-13-8-27(9-14(2)24-13)17-4-5-20-26-19(7-21(30)29(20)12-17)16-6-18(23)22-25-15(3)10-28(22)11-16;1-23-15-7-9-25(10-8-15)16-4-6-20-24-18(12-21(27)26(20)13-16)14-3-5-19(28-2)17(22)11-14;1-13-10-26-11-14(8-16(21)20(26)23-13)17-9-19(28)27-12-15(2-3-18(27)24-17)25-6-4-22-5-7-25;1-27-18-4-2-13(10-16(18)21)17-11-20(26)25-12-15(3-5-19(25)23-17)24-8-6-14(22)7-9-24/h4-7,10-14,24H,8-9H2,1-3H3;3-6,11-13,15,23H,7-10H2,1-2H3;2-3,8-12,22H,4-7H2,1H3;2-5,10-12,14H,6-9,22H2,1H3/t13-,14+;;;. The van der Waals surface area contributed by atoms with E-state index in [1.54, 1.807) is 60.7 Å². The molecule has 18 rings (SSSR count). The Labute approximate surface area is 646 Å². The van der Waals surface area contributed by atoms with Crippen molar-refractivity contribution in [1.82, 2.24) is 72.3 Å². The summed E-state index contributed by atoms with van der Waals surface area (Å²) in [7, 11) is 4.82. The number of piperazine rings is 2. The van der Waals surface area contributed by atoms with Crippen LogP contribution in [0.25, 0.3) is 78.9 Å². The first kappa shape index (κ1) is 76.0. The maximum atomic E-state index is 14.5. The molecule has 0 radical (unpaired) electrons. The van der Waals surface area contributed by atoms with E-state index in [9.17, 15) is 36.7 Å². The van der Waals surface area contributed by atoms with Gasteiger partial charge in [-0.15, -0.1) is 0 Å². The topological polar surface area (TPSA) is 266 Å². The Bertz CT molecular complexity index is 6150. The minimum absolute atomic E-state index is 0.155. The highest BCUT2D eigenvalue weighted by atomic mass is 19.1. The summed E-state index contributed by atoms with van der Waals surface area (Å²) in [4.78, 5) is 86.5. The molecule has 0 amide bonds. The zero-order valence-corrected chi connectivity index (χ0v) is 63.6. The molecule has 582 valence electrons. The van der Waals surface area contributed by atoms with E-state index in [-0.39, 0.29) is 51.1 Å². The van der Waals surface area contributed by atoms with Crippen LogP contribution in [0, 0.1) is 37.1 Å². The van der Waals surface area contributed by atoms with E-state index < -0.39 is 23.3 Å². The van der Waals surface area contributed by atoms with Crippen molar-refractivity contribution in [2.24, 2.45) is 5.73 Å². The number of nitrogens with zero attached hydrogens (tertiary/aromatic N) is 16. The quantitative estimate of drug-likeness (QED) is 0.0878. The predicted molar refractivity (Wildman–Crippen MR) is 431 cm³/mol. The van der Waals surface area contributed by atoms with Gasteiger partial charge in [0.05, 0.1) is 71.1 Å². The zero-order valence-electron chi connectivity index (χ0n) is 63.6. The third-order valence-electron chi connectivity index (χ3n) is 20.9. The fourth-order valence-corrected chi connectivity index (χ4v) is 15.0. The summed E-state index contributed by atoms with van der Waals surface area (Å²) >= 11 is 0. The van der Waals surface area contributed by atoms with Crippen molar-refractivity contribution in [3.8, 4) is 56.5 Å². The maximum absolute atomic E-state index is 14.5. The largest absolute Gasteiger partial charge is 0.494 e. The van der Waals surface area contributed by atoms with E-state index in [1.807, 2.05) is 88.0 Å². The number of aromatic nitrogens is 12. The Morgan fingerprint density at radius 2 is 0.761 bits per heavy atom. The molecule has 14 aromatic rings. The van der Waals surface area contributed by atoms with Gasteiger partial charge in [-0.1, -0.05) is 0 Å². The number of aryl methyl sites for hydroxylation is 2. The summed E-state index contributed by atoms with van der Waals surface area (Å²) in [6.07, 6.45) is 18.3. The number of hydrogen-bond donors (Lipinski definition) is 4. The van der Waals surface area contributed by atoms with Crippen LogP contribution < -0.4 is 73.0 Å². The number of ether oxygens (including phenoxy) is 2. The van der Waals surface area contributed by atoms with Crippen molar-refractivity contribution in [3.63, 3.8) is 0 Å². The van der Waals surface area contributed by atoms with Gasteiger partial charge < -0.3 is 59.6 Å². The number of fused-ring (bicyclic) bond motifs is 6. The van der Waals surface area contributed by atoms with Crippen molar-refractivity contribution in [2.75, 3.05) is 106 Å². The SMILES string of the molecule is CNC1CCN(c2ccc3nc(-c4ccc(OC)c(F)c4)cc(=O)n3c2)CC1.COc1ccc(-c2cc(=O)n3cc(N4CCC(N)CC4)ccc3n2)cc1F.Cc1cn2cc(-c3cc(=O)n4cc(N5CCNCC5)ccc4n3)cc(F)c2n1.Cc1cn2cc(-c3cc(=O)n4cc(N5C[C@@H](C)N[C@@H](C)C5)ccc4n3)cc(F)c2n1. The summed E-state index contributed by atoms with van der Waals surface area (Å²) < 4.78 is 76.2. The molecular weight excluding hydrogens is 1450 g/mol. The van der Waals surface area contributed by atoms with Crippen molar-refractivity contribution in [3.05, 3.63) is 247 Å². The first-order chi connectivity index (χ1) is 54.6. The molecule has 26 nitrogen and oxygen atoms in total. The van der Waals surface area contributed by atoms with Crippen LogP contribution in [0.1, 0.15) is 50.9 Å². The van der Waals surface area contributed by atoms with Crippen LogP contribution in [0.15, 0.2) is 190 Å². The van der Waals surface area contributed by atoms with E-state index in [4.69, 9.17) is 15.2 Å². The van der Waals surface area contributed by atoms with E-state index >= 15 is 0 Å². The first-order valence-electron chi connectivity index (χ1n) is 37.6. The van der Waals surface area contributed by atoms with Gasteiger partial charge in [-0.25, -0.2) is 47.5 Å². The minimum Gasteiger partial charge on any atom is -0.494 e. The number of nitrogens with two attached hydrogens (primary N) is 1. The monoisotopic (exact) mass is 1530 g/mol. The molecule has 4 fully saturated rings. The summed E-state index contributed by atoms with van der Waals surface area (Å²) in [5.41, 5.74) is 17.1. The third-order valence-corrected chi connectivity index (χ3v) is 20.9. The van der Waals surface area contributed by atoms with E-state index in [2.05, 4.69) is 79.3 Å². The van der Waals surface area contributed by atoms with Gasteiger partial charge in [0.15, 0.2) is 46.1 Å². The molecule has 0 unspecified atom stereocenters. The number of piperidine rings is 2. The number of hydrogen-bond acceptors (Lipinski definition) is 20. The zero-order chi connectivity index (χ0) is 78.9. The molecule has 0 bridgehead atoms. The summed E-state index contributed by atoms with van der Waals surface area (Å²) in [5.74, 6) is -1.55. The lowest BCUT2D eigenvalue weighted by atomic mass is 10.1. The second kappa shape index (κ2) is 32.5. The molecule has 30 heteroatoms. The maximum Gasteiger partial charge on any atom is 0.258 e. The molecule has 0 aliphatic carbocycles. The number of halogens is 4. The third kappa shape index (κ3) is 16.5. The summed E-state index contributed by atoms with van der Waals surface area (Å²) in [6.45, 7) is 17.0. The van der Waals surface area contributed by atoms with Crippen LogP contribution in [0.5, 0.6) is 11.5 Å². The van der Waals surface area contributed by atoms with Crippen molar-refractivity contribution >= 4 is 56.6 Å². The molecule has 5 N–H and O–H groups in total. The average Bonchev–Trinajstić information content (AvgIpc) is 1.71. The number of rotatable bonds is 11. The van der Waals surface area contributed by atoms with Gasteiger partial charge in [0.1, 0.15) is 22.6 Å². The normalized spacial score (nSPS) is 16.3. The lowest BCUT2D eigenvalue weighted by Gasteiger charge is -2.37. The fraction of sp³-hybridized carbons (Fsp3) is 0.301. The number of benzene rings is 2. The van der Waals surface area contributed by atoms with Crippen LogP contribution in [0.2, 0.25) is 0 Å². The van der Waals surface area contributed by atoms with Crippen LogP contribution in [0.3, 0.4) is 0 Å². The molecule has 113 heavy (non-hydrogen) atoms. The lowest BCUT2D eigenvalue weighted by molar-refractivity contribution is 0.386. The number of pyridine rings is 6. The van der Waals surface area contributed by atoms with Crippen molar-refractivity contribution in [2.45, 2.75) is 77.5 Å². The highest BCUT2D eigenvalue weighted by molar-refractivity contribution is 5.69. The Balaban J connectivity index is 0.000000119. The molecule has 16 heterocycles. The van der Waals surface area contributed by atoms with Crippen LogP contribution >= 0.6 is 0 Å². The number of nitrogens with one attached hydrogen (secondary N) is 3. The summed E-state index contributed by atoms with van der Waals surface area (Å²) in [6, 6.07) is 34.4. The van der Waals surface area contributed by atoms with Gasteiger partial charge in [0.25, 0.3) is 22.2 Å². The molecule has 2 aromatic carbocycles. The molecule has 2 atom stereocenters. The van der Waals surface area contributed by atoms with Crippen molar-refractivity contribution < 1.29 is 27.0 Å². The Hall–Kier alpha value is -12.4. The Kier molecular flexibility index (Phi) is 21.9. The minimum atomic E-state index is -0.490. The predicted octanol–water partition coefficient (Wildman–Crippen LogP) is 9.64. The van der Waals surface area contributed by atoms with E-state index in [1.165, 1.54) is 83.7 Å². The second-order valence-corrected chi connectivity index (χ2v) is 28.9. The summed E-state index contributed by atoms with van der Waals surface area (Å²) in [5, 5.41) is 10.2. The van der Waals surface area contributed by atoms with Crippen LogP contribution in [-0.2, 0) is 0 Å². The molecule has 4 aliphatic rings. The Morgan fingerprint density at radius 3 is 1.12 bits per heavy atom. The Morgan fingerprint density at radius 1 is 0.416 bits per heavy atom. The van der Waals surface area contributed by atoms with Gasteiger partial charge in [-0.3, -0.25) is 36.8 Å². The molecule has 12 aromatic heterocycles. The number of methoxy groups -OCH3 is 2. The van der Waals surface area contributed by atoms with Gasteiger partial charge in [0, 0.05) is 186 Å². The second-order valence-electron chi connectivity index (χ2n) is 28.9. The highest BCUT2D eigenvalue weighted by Gasteiger charge is 2.25. The van der Waals surface area contributed by atoms with Gasteiger partial charge >= 0.3 is 0 Å². The molecule has 4 saturated heterocycles. The number of imidazole rings is 2. The van der Waals surface area contributed by atoms with E-state index in [0.29, 0.717) is 85.7 Å². The average molecular weight is 1540 g/mol. The molecule has 0 saturated carbocycles. The van der Waals surface area contributed by atoms with Gasteiger partial charge in [-0.2, -0.15) is 0 Å². The molecular formula is C83H86F4N20O6. The smallest absolute Gasteiger partial charge is 0.258 e. The van der Waals surface area contributed by atoms with E-state index in [0.717, 1.165) is 125 Å². The van der Waals surface area contributed by atoms with Gasteiger partial charge in [-0.05, 0) is 157 Å². The van der Waals surface area contributed by atoms with Crippen LogP contribution in [-0.4, -0.2) is 167 Å². The lowest BCUT2D eigenvalue weighted by Crippen LogP contribution is -2.54. The molecule has 0 spiro atoms. The fourth-order valence-electron chi connectivity index (χ4n) is 15.0. The van der Waals surface area contributed by atoms with Crippen molar-refractivity contribution in [1.29, 1.82) is 0 Å². The van der Waals surface area contributed by atoms with Crippen LogP contribution in [0.4, 0.5) is 40.3 Å². The molecule has 4 aliphatic heterocycles. The first-order valence-corrected chi connectivity index (χ1v) is 37.6. The highest BCUT2D eigenvalue weighted by Crippen LogP contribution is 2.30. The number of anilines is 4.